The molecular formula is C23H40O3Si. The Balaban J connectivity index is 2.02. The van der Waals surface area contributed by atoms with E-state index in [9.17, 15) is 9.90 Å². The predicted molar refractivity (Wildman–Crippen MR) is 113 cm³/mol. The Kier molecular flexibility index (Phi) is 5.36. The van der Waals surface area contributed by atoms with Crippen molar-refractivity contribution >= 4 is 14.1 Å². The lowest BCUT2D eigenvalue weighted by atomic mass is 9.45. The first-order chi connectivity index (χ1) is 12.3. The zero-order valence-electron chi connectivity index (χ0n) is 18.5. The molecule has 3 rings (SSSR count). The van der Waals surface area contributed by atoms with Crippen LogP contribution in [0.5, 0.6) is 0 Å². The number of fused-ring (bicyclic) bond motifs is 3. The quantitative estimate of drug-likeness (QED) is 0.646. The number of hydrogen-bond acceptors (Lipinski definition) is 3. The highest BCUT2D eigenvalue weighted by Crippen LogP contribution is 2.63. The maximum Gasteiger partial charge on any atom is 0.192 e. The SMILES string of the molecule is CC(C)(C)[Si](C)(C)O[C@@H]1C[C@H]2[C@@](C)(CO)CCC[C@]2(C)C2CCC(=O)C=C21. The molecular weight excluding hydrogens is 352 g/mol. The molecule has 3 aliphatic carbocycles. The fourth-order valence-electron chi connectivity index (χ4n) is 6.02. The monoisotopic (exact) mass is 392 g/mol. The molecule has 5 atom stereocenters. The normalized spacial score (nSPS) is 40.2. The molecule has 2 fully saturated rings. The van der Waals surface area contributed by atoms with Gasteiger partial charge in [0.15, 0.2) is 14.1 Å². The van der Waals surface area contributed by atoms with Crippen molar-refractivity contribution in [2.24, 2.45) is 22.7 Å². The van der Waals surface area contributed by atoms with Crippen LogP contribution in [0, 0.1) is 22.7 Å². The fraction of sp³-hybridized carbons (Fsp3) is 0.870. The van der Waals surface area contributed by atoms with E-state index in [1.54, 1.807) is 0 Å². The topological polar surface area (TPSA) is 46.5 Å². The highest BCUT2D eigenvalue weighted by molar-refractivity contribution is 6.74. The van der Waals surface area contributed by atoms with Crippen molar-refractivity contribution in [3.8, 4) is 0 Å². The van der Waals surface area contributed by atoms with E-state index in [1.807, 2.05) is 6.08 Å². The largest absolute Gasteiger partial charge is 0.410 e. The standard InChI is InChI=1S/C23H40O3Si/c1-21(2,3)27(6,7)26-19-14-20-22(4,15-24)11-8-12-23(20,5)18-10-9-16(25)13-17(18)19/h13,18-20,24H,8-12,14-15H2,1-7H3/t18?,19-,20+,22-,23-/m1/s1. The van der Waals surface area contributed by atoms with E-state index < -0.39 is 8.32 Å². The van der Waals surface area contributed by atoms with Gasteiger partial charge < -0.3 is 9.53 Å². The highest BCUT2D eigenvalue weighted by Gasteiger charge is 2.58. The number of allylic oxidation sites excluding steroid dienone is 1. The van der Waals surface area contributed by atoms with Gasteiger partial charge in [0.05, 0.1) is 6.10 Å². The summed E-state index contributed by atoms with van der Waals surface area (Å²) in [5.74, 6) is 1.15. The van der Waals surface area contributed by atoms with Crippen LogP contribution in [0.25, 0.3) is 0 Å². The van der Waals surface area contributed by atoms with E-state index in [0.717, 1.165) is 19.3 Å². The molecule has 4 heteroatoms. The molecule has 0 radical (unpaired) electrons. The molecule has 0 aliphatic heterocycles. The van der Waals surface area contributed by atoms with Crippen LogP contribution in [0.3, 0.4) is 0 Å². The first-order valence-corrected chi connectivity index (χ1v) is 13.8. The number of aliphatic hydroxyl groups excluding tert-OH is 1. The second kappa shape index (κ2) is 6.81. The number of hydrogen-bond donors (Lipinski definition) is 1. The lowest BCUT2D eigenvalue weighted by Crippen LogP contribution is -2.57. The van der Waals surface area contributed by atoms with Crippen molar-refractivity contribution in [1.82, 2.24) is 0 Å². The minimum Gasteiger partial charge on any atom is -0.410 e. The molecule has 2 saturated carbocycles. The van der Waals surface area contributed by atoms with Gasteiger partial charge in [0.25, 0.3) is 0 Å². The van der Waals surface area contributed by atoms with Crippen LogP contribution in [-0.4, -0.2) is 31.9 Å². The van der Waals surface area contributed by atoms with Crippen molar-refractivity contribution < 1.29 is 14.3 Å². The number of carbonyl (C=O) groups is 1. The lowest BCUT2D eigenvalue weighted by molar-refractivity contribution is -0.122. The lowest BCUT2D eigenvalue weighted by Gasteiger charge is -2.61. The summed E-state index contributed by atoms with van der Waals surface area (Å²) >= 11 is 0. The van der Waals surface area contributed by atoms with Gasteiger partial charge in [0, 0.05) is 13.0 Å². The van der Waals surface area contributed by atoms with Crippen molar-refractivity contribution in [1.29, 1.82) is 0 Å². The van der Waals surface area contributed by atoms with Crippen molar-refractivity contribution in [3.63, 3.8) is 0 Å². The summed E-state index contributed by atoms with van der Waals surface area (Å²) in [5, 5.41) is 10.4. The van der Waals surface area contributed by atoms with Crippen LogP contribution in [0.1, 0.15) is 73.1 Å². The third-order valence-corrected chi connectivity index (χ3v) is 13.2. The summed E-state index contributed by atoms with van der Waals surface area (Å²) in [6.07, 6.45) is 8.04. The highest BCUT2D eigenvalue weighted by atomic mass is 28.4. The van der Waals surface area contributed by atoms with Gasteiger partial charge in [-0.3, -0.25) is 4.79 Å². The van der Waals surface area contributed by atoms with Crippen LogP contribution in [-0.2, 0) is 9.22 Å². The van der Waals surface area contributed by atoms with Gasteiger partial charge in [0.1, 0.15) is 0 Å². The van der Waals surface area contributed by atoms with E-state index in [2.05, 4.69) is 47.7 Å². The first kappa shape index (κ1) is 21.3. The molecule has 0 heterocycles. The Morgan fingerprint density at radius 1 is 1.26 bits per heavy atom. The molecule has 0 saturated heterocycles. The maximum absolute atomic E-state index is 12.3. The van der Waals surface area contributed by atoms with Gasteiger partial charge in [-0.25, -0.2) is 0 Å². The van der Waals surface area contributed by atoms with Crippen LogP contribution in [0.2, 0.25) is 18.1 Å². The van der Waals surface area contributed by atoms with E-state index in [-0.39, 0.29) is 34.4 Å². The Morgan fingerprint density at radius 2 is 1.93 bits per heavy atom. The average molecular weight is 393 g/mol. The summed E-state index contributed by atoms with van der Waals surface area (Å²) < 4.78 is 6.93. The minimum absolute atomic E-state index is 0.0327. The Morgan fingerprint density at radius 3 is 2.52 bits per heavy atom. The molecule has 154 valence electrons. The smallest absolute Gasteiger partial charge is 0.192 e. The molecule has 0 bridgehead atoms. The summed E-state index contributed by atoms with van der Waals surface area (Å²) in [6, 6.07) is 0. The average Bonchev–Trinajstić information content (AvgIpc) is 2.55. The zero-order chi connectivity index (χ0) is 20.3. The first-order valence-electron chi connectivity index (χ1n) is 10.9. The summed E-state index contributed by atoms with van der Waals surface area (Å²) in [5.41, 5.74) is 1.42. The van der Waals surface area contributed by atoms with E-state index >= 15 is 0 Å². The van der Waals surface area contributed by atoms with Gasteiger partial charge in [-0.05, 0) is 78.1 Å². The van der Waals surface area contributed by atoms with Crippen molar-refractivity contribution in [3.05, 3.63) is 11.6 Å². The molecule has 3 aliphatic rings. The molecule has 0 aromatic carbocycles. The second-order valence-corrected chi connectivity index (χ2v) is 16.3. The number of rotatable bonds is 3. The Labute approximate surface area is 167 Å². The van der Waals surface area contributed by atoms with Crippen LogP contribution >= 0.6 is 0 Å². The Bertz CT molecular complexity index is 632. The molecule has 1 N–H and O–H groups in total. The van der Waals surface area contributed by atoms with E-state index in [4.69, 9.17) is 4.43 Å². The van der Waals surface area contributed by atoms with Crippen molar-refractivity contribution in [2.75, 3.05) is 6.61 Å². The van der Waals surface area contributed by atoms with Gasteiger partial charge in [0.2, 0.25) is 0 Å². The fourth-order valence-corrected chi connectivity index (χ4v) is 7.31. The van der Waals surface area contributed by atoms with Gasteiger partial charge >= 0.3 is 0 Å². The number of aliphatic hydroxyl groups is 1. The molecule has 0 amide bonds. The predicted octanol–water partition coefficient (Wildman–Crippen LogP) is 5.49. The second-order valence-electron chi connectivity index (χ2n) is 11.5. The van der Waals surface area contributed by atoms with Gasteiger partial charge in [-0.15, -0.1) is 0 Å². The summed E-state index contributed by atoms with van der Waals surface area (Å²) in [6.45, 7) is 16.4. The molecule has 0 spiro atoms. The maximum atomic E-state index is 12.3. The third kappa shape index (κ3) is 3.51. The van der Waals surface area contributed by atoms with E-state index in [1.165, 1.54) is 18.4 Å². The molecule has 0 aromatic heterocycles. The Hall–Kier alpha value is -0.453. The summed E-state index contributed by atoms with van der Waals surface area (Å²) in [7, 11) is -1.94. The summed E-state index contributed by atoms with van der Waals surface area (Å²) in [4.78, 5) is 12.3. The van der Waals surface area contributed by atoms with Crippen LogP contribution in [0.4, 0.5) is 0 Å². The van der Waals surface area contributed by atoms with Crippen LogP contribution < -0.4 is 0 Å². The van der Waals surface area contributed by atoms with Crippen molar-refractivity contribution in [2.45, 2.75) is 97.4 Å². The minimum atomic E-state index is -1.94. The third-order valence-electron chi connectivity index (χ3n) is 8.73. The van der Waals surface area contributed by atoms with E-state index in [0.29, 0.717) is 18.3 Å². The van der Waals surface area contributed by atoms with Crippen LogP contribution in [0.15, 0.2) is 11.6 Å². The number of ketones is 1. The van der Waals surface area contributed by atoms with Gasteiger partial charge in [-0.1, -0.05) is 41.0 Å². The molecule has 1 unspecified atom stereocenters. The molecule has 27 heavy (non-hydrogen) atoms. The van der Waals surface area contributed by atoms with Gasteiger partial charge in [-0.2, -0.15) is 0 Å². The molecule has 3 nitrogen and oxygen atoms in total. The molecule has 0 aromatic rings. The zero-order valence-corrected chi connectivity index (χ0v) is 19.5. The number of carbonyl (C=O) groups excluding carboxylic acids is 1.